The first-order valence-corrected chi connectivity index (χ1v) is 7.85. The first-order valence-electron chi connectivity index (χ1n) is 7.85. The minimum Gasteiger partial charge on any atom is -0.339 e. The van der Waals surface area contributed by atoms with Crippen molar-refractivity contribution in [1.82, 2.24) is 24.9 Å². The quantitative estimate of drug-likeness (QED) is 0.844. The van der Waals surface area contributed by atoms with Crippen molar-refractivity contribution in [2.24, 2.45) is 0 Å². The van der Waals surface area contributed by atoms with Crippen LogP contribution in [0.5, 0.6) is 0 Å². The normalized spacial score (nSPS) is 19.0. The predicted molar refractivity (Wildman–Crippen MR) is 84.5 cm³/mol. The maximum absolute atomic E-state index is 12.4. The zero-order valence-corrected chi connectivity index (χ0v) is 13.5. The summed E-state index contributed by atoms with van der Waals surface area (Å²) in [5.41, 5.74) is 0.668. The number of aryl methyl sites for hydroxylation is 1. The van der Waals surface area contributed by atoms with Gasteiger partial charge in [0, 0.05) is 44.7 Å². The average molecular weight is 315 g/mol. The number of rotatable bonds is 4. The zero-order valence-electron chi connectivity index (χ0n) is 13.5. The summed E-state index contributed by atoms with van der Waals surface area (Å²) in [7, 11) is 2.08. The molecule has 1 saturated heterocycles. The third-order valence-corrected chi connectivity index (χ3v) is 4.07. The van der Waals surface area contributed by atoms with Crippen molar-refractivity contribution < 1.29 is 9.32 Å². The van der Waals surface area contributed by atoms with Crippen LogP contribution in [0.4, 0.5) is 0 Å². The fraction of sp³-hybridized carbons (Fsp3) is 0.500. The van der Waals surface area contributed by atoms with E-state index in [4.69, 9.17) is 4.52 Å². The van der Waals surface area contributed by atoms with E-state index in [9.17, 15) is 4.79 Å². The average Bonchev–Trinajstić information content (AvgIpc) is 3.02. The Morgan fingerprint density at radius 3 is 3.00 bits per heavy atom. The van der Waals surface area contributed by atoms with Gasteiger partial charge in [0.25, 0.3) is 0 Å². The van der Waals surface area contributed by atoms with Gasteiger partial charge in [-0.15, -0.1) is 0 Å². The fourth-order valence-electron chi connectivity index (χ4n) is 2.82. The number of nitrogens with zero attached hydrogens (tertiary/aromatic N) is 5. The Morgan fingerprint density at radius 2 is 2.26 bits per heavy atom. The topological polar surface area (TPSA) is 75.4 Å². The number of carbonyl (C=O) groups excluding carboxylic acids is 1. The van der Waals surface area contributed by atoms with E-state index in [0.29, 0.717) is 30.3 Å². The van der Waals surface area contributed by atoms with Crippen LogP contribution in [0.3, 0.4) is 0 Å². The standard InChI is InChI=1S/C16H21N5O2/c1-12-11-20(2)9-10-21(12)15(22)7-6-14-18-16(19-23-14)13-5-3-4-8-17-13/h3-5,8,12H,6-7,9-11H2,1-2H3/t12-/m0/s1. The highest BCUT2D eigenvalue weighted by atomic mass is 16.5. The second-order valence-electron chi connectivity index (χ2n) is 5.93. The minimum absolute atomic E-state index is 0.142. The van der Waals surface area contributed by atoms with Gasteiger partial charge in [-0.25, -0.2) is 0 Å². The number of pyridine rings is 1. The molecule has 2 aromatic rings. The number of aromatic nitrogens is 3. The summed E-state index contributed by atoms with van der Waals surface area (Å²) in [5, 5.41) is 3.92. The van der Waals surface area contributed by atoms with Crippen LogP contribution in [0.25, 0.3) is 11.5 Å². The lowest BCUT2D eigenvalue weighted by Gasteiger charge is -2.38. The summed E-state index contributed by atoms with van der Waals surface area (Å²) in [5.74, 6) is 1.07. The Morgan fingerprint density at radius 1 is 1.39 bits per heavy atom. The van der Waals surface area contributed by atoms with Crippen LogP contribution >= 0.6 is 0 Å². The van der Waals surface area contributed by atoms with Crippen LogP contribution < -0.4 is 0 Å². The van der Waals surface area contributed by atoms with E-state index >= 15 is 0 Å². The molecule has 7 heteroatoms. The molecule has 7 nitrogen and oxygen atoms in total. The van der Waals surface area contributed by atoms with Crippen LogP contribution in [0.2, 0.25) is 0 Å². The van der Waals surface area contributed by atoms with Gasteiger partial charge < -0.3 is 14.3 Å². The highest BCUT2D eigenvalue weighted by Gasteiger charge is 2.25. The Balaban J connectivity index is 1.56. The number of hydrogen-bond acceptors (Lipinski definition) is 6. The molecular formula is C16H21N5O2. The van der Waals surface area contributed by atoms with Crippen molar-refractivity contribution in [1.29, 1.82) is 0 Å². The van der Waals surface area contributed by atoms with Crippen molar-refractivity contribution in [3.63, 3.8) is 0 Å². The summed E-state index contributed by atoms with van der Waals surface area (Å²) >= 11 is 0. The molecule has 0 aliphatic carbocycles. The van der Waals surface area contributed by atoms with E-state index in [1.807, 2.05) is 23.1 Å². The number of carbonyl (C=O) groups is 1. The number of amides is 1. The van der Waals surface area contributed by atoms with Gasteiger partial charge in [-0.1, -0.05) is 11.2 Å². The summed E-state index contributed by atoms with van der Waals surface area (Å²) in [6.07, 6.45) is 2.53. The Kier molecular flexibility index (Phi) is 4.66. The molecule has 2 aromatic heterocycles. The molecule has 0 radical (unpaired) electrons. The number of hydrogen-bond donors (Lipinski definition) is 0. The van der Waals surface area contributed by atoms with E-state index in [0.717, 1.165) is 19.6 Å². The lowest BCUT2D eigenvalue weighted by Crippen LogP contribution is -2.52. The molecule has 3 rings (SSSR count). The number of likely N-dealkylation sites (N-methyl/N-ethyl adjacent to an activating group) is 1. The summed E-state index contributed by atoms with van der Waals surface area (Å²) in [4.78, 5) is 25.0. The third kappa shape index (κ3) is 3.73. The van der Waals surface area contributed by atoms with Gasteiger partial charge in [-0.3, -0.25) is 9.78 Å². The number of piperazine rings is 1. The molecule has 0 N–H and O–H groups in total. The Hall–Kier alpha value is -2.28. The van der Waals surface area contributed by atoms with Gasteiger partial charge in [0.05, 0.1) is 0 Å². The van der Waals surface area contributed by atoms with Crippen LogP contribution in [0.15, 0.2) is 28.9 Å². The van der Waals surface area contributed by atoms with Crippen molar-refractivity contribution in [2.45, 2.75) is 25.8 Å². The SMILES string of the molecule is C[C@H]1CN(C)CCN1C(=O)CCc1nc(-c2ccccn2)no1. The minimum atomic E-state index is 0.142. The second-order valence-corrected chi connectivity index (χ2v) is 5.93. The fourth-order valence-corrected chi connectivity index (χ4v) is 2.82. The molecule has 0 bridgehead atoms. The molecule has 0 aromatic carbocycles. The predicted octanol–water partition coefficient (Wildman–Crippen LogP) is 1.23. The zero-order chi connectivity index (χ0) is 16.2. The summed E-state index contributed by atoms with van der Waals surface area (Å²) < 4.78 is 5.22. The lowest BCUT2D eigenvalue weighted by molar-refractivity contribution is -0.135. The molecule has 1 fully saturated rings. The first-order chi connectivity index (χ1) is 11.1. The van der Waals surface area contributed by atoms with Crippen LogP contribution in [0.1, 0.15) is 19.2 Å². The van der Waals surface area contributed by atoms with Gasteiger partial charge in [0.15, 0.2) is 0 Å². The smallest absolute Gasteiger partial charge is 0.227 e. The Labute approximate surface area is 135 Å². The monoisotopic (exact) mass is 315 g/mol. The molecule has 1 atom stereocenters. The van der Waals surface area contributed by atoms with Crippen molar-refractivity contribution in [3.05, 3.63) is 30.3 Å². The second kappa shape index (κ2) is 6.87. The van der Waals surface area contributed by atoms with Gasteiger partial charge >= 0.3 is 0 Å². The van der Waals surface area contributed by atoms with Crippen molar-refractivity contribution in [2.75, 3.05) is 26.7 Å². The molecule has 1 aliphatic heterocycles. The van der Waals surface area contributed by atoms with Gasteiger partial charge in [-0.2, -0.15) is 4.98 Å². The molecule has 23 heavy (non-hydrogen) atoms. The summed E-state index contributed by atoms with van der Waals surface area (Å²) in [6, 6.07) is 5.77. The van der Waals surface area contributed by atoms with E-state index in [2.05, 4.69) is 34.0 Å². The summed E-state index contributed by atoms with van der Waals surface area (Å²) in [6.45, 7) is 4.69. The van der Waals surface area contributed by atoms with E-state index in [1.165, 1.54) is 0 Å². The molecule has 0 unspecified atom stereocenters. The molecule has 1 amide bonds. The Bertz CT molecular complexity index is 658. The molecule has 0 spiro atoms. The van der Waals surface area contributed by atoms with Crippen molar-refractivity contribution >= 4 is 5.91 Å². The third-order valence-electron chi connectivity index (χ3n) is 4.07. The highest BCUT2D eigenvalue weighted by Crippen LogP contribution is 2.14. The van der Waals surface area contributed by atoms with Crippen molar-refractivity contribution in [3.8, 4) is 11.5 Å². The van der Waals surface area contributed by atoms with E-state index in [-0.39, 0.29) is 11.9 Å². The first kappa shape index (κ1) is 15.6. The maximum Gasteiger partial charge on any atom is 0.227 e. The highest BCUT2D eigenvalue weighted by molar-refractivity contribution is 5.76. The van der Waals surface area contributed by atoms with Crippen LogP contribution in [-0.4, -0.2) is 63.6 Å². The largest absolute Gasteiger partial charge is 0.339 e. The molecular weight excluding hydrogens is 294 g/mol. The molecule has 1 aliphatic rings. The maximum atomic E-state index is 12.4. The molecule has 3 heterocycles. The van der Waals surface area contributed by atoms with Gasteiger partial charge in [0.2, 0.25) is 17.6 Å². The lowest BCUT2D eigenvalue weighted by atomic mass is 10.1. The molecule has 122 valence electrons. The van der Waals surface area contributed by atoms with Crippen LogP contribution in [0, 0.1) is 0 Å². The van der Waals surface area contributed by atoms with Gasteiger partial charge in [0.1, 0.15) is 5.69 Å². The molecule has 0 saturated carbocycles. The van der Waals surface area contributed by atoms with Crippen LogP contribution in [-0.2, 0) is 11.2 Å². The van der Waals surface area contributed by atoms with E-state index in [1.54, 1.807) is 6.20 Å². The van der Waals surface area contributed by atoms with E-state index < -0.39 is 0 Å². The van der Waals surface area contributed by atoms with Gasteiger partial charge in [-0.05, 0) is 26.1 Å².